The molecule has 2 heterocycles. The molecule has 5 nitrogen and oxygen atoms in total. The van der Waals surface area contributed by atoms with E-state index >= 15 is 0 Å². The second kappa shape index (κ2) is 5.15. The summed E-state index contributed by atoms with van der Waals surface area (Å²) in [4.78, 5) is 22.8. The van der Waals surface area contributed by atoms with E-state index < -0.39 is 0 Å². The molecule has 0 bridgehead atoms. The van der Waals surface area contributed by atoms with Gasteiger partial charge in [-0.25, -0.2) is 4.98 Å². The van der Waals surface area contributed by atoms with Gasteiger partial charge in [0.2, 0.25) is 0 Å². The summed E-state index contributed by atoms with van der Waals surface area (Å²) in [5.74, 6) is 2.14. The standard InChI is InChI=1S/C14H20N4O/c1-2-16-13-7-15-6-12(17-13)14(19)18-8-10-4-3-5-11(10)9-18/h6-7,10-11H,2-5,8-9H2,1H3,(H,16,17). The molecule has 1 saturated heterocycles. The molecule has 1 saturated carbocycles. The smallest absolute Gasteiger partial charge is 0.274 e. The molecule has 2 unspecified atom stereocenters. The van der Waals surface area contributed by atoms with Crippen LogP contribution in [-0.2, 0) is 0 Å². The third kappa shape index (κ3) is 2.41. The Morgan fingerprint density at radius 3 is 2.79 bits per heavy atom. The van der Waals surface area contributed by atoms with Gasteiger partial charge in [0.15, 0.2) is 0 Å². The molecule has 1 aromatic rings. The summed E-state index contributed by atoms with van der Waals surface area (Å²) in [5.41, 5.74) is 0.457. The number of amides is 1. The van der Waals surface area contributed by atoms with Gasteiger partial charge in [-0.3, -0.25) is 9.78 Å². The van der Waals surface area contributed by atoms with Crippen LogP contribution in [0.5, 0.6) is 0 Å². The van der Waals surface area contributed by atoms with Crippen molar-refractivity contribution < 1.29 is 4.79 Å². The number of nitrogens with one attached hydrogen (secondary N) is 1. The third-order valence-corrected chi connectivity index (χ3v) is 4.23. The monoisotopic (exact) mass is 260 g/mol. The maximum absolute atomic E-state index is 12.4. The van der Waals surface area contributed by atoms with Crippen LogP contribution in [0.25, 0.3) is 0 Å². The SMILES string of the molecule is CCNc1cncc(C(=O)N2CC3CCCC3C2)n1. The van der Waals surface area contributed by atoms with Gasteiger partial charge in [-0.2, -0.15) is 0 Å². The molecule has 0 aromatic carbocycles. The van der Waals surface area contributed by atoms with Crippen LogP contribution in [0.1, 0.15) is 36.7 Å². The van der Waals surface area contributed by atoms with Crippen LogP contribution in [0.3, 0.4) is 0 Å². The van der Waals surface area contributed by atoms with Crippen LogP contribution < -0.4 is 5.32 Å². The number of likely N-dealkylation sites (tertiary alicyclic amines) is 1. The average molecular weight is 260 g/mol. The third-order valence-electron chi connectivity index (χ3n) is 4.23. The van der Waals surface area contributed by atoms with Gasteiger partial charge in [0.05, 0.1) is 12.4 Å². The largest absolute Gasteiger partial charge is 0.369 e. The molecule has 1 aliphatic heterocycles. The zero-order valence-corrected chi connectivity index (χ0v) is 11.3. The second-order valence-electron chi connectivity index (χ2n) is 5.48. The summed E-state index contributed by atoms with van der Waals surface area (Å²) in [5, 5.41) is 3.09. The van der Waals surface area contributed by atoms with Gasteiger partial charge in [-0.15, -0.1) is 0 Å². The van der Waals surface area contributed by atoms with Gasteiger partial charge >= 0.3 is 0 Å². The van der Waals surface area contributed by atoms with Gasteiger partial charge < -0.3 is 10.2 Å². The highest BCUT2D eigenvalue weighted by molar-refractivity contribution is 5.92. The Hall–Kier alpha value is -1.65. The van der Waals surface area contributed by atoms with Gasteiger partial charge in [-0.1, -0.05) is 6.42 Å². The number of rotatable bonds is 3. The lowest BCUT2D eigenvalue weighted by atomic mass is 10.0. The quantitative estimate of drug-likeness (QED) is 0.900. The summed E-state index contributed by atoms with van der Waals surface area (Å²) in [7, 11) is 0. The van der Waals surface area contributed by atoms with Crippen molar-refractivity contribution in [3.63, 3.8) is 0 Å². The fourth-order valence-corrected chi connectivity index (χ4v) is 3.30. The number of nitrogens with zero attached hydrogens (tertiary/aromatic N) is 3. The predicted molar refractivity (Wildman–Crippen MR) is 72.9 cm³/mol. The zero-order valence-electron chi connectivity index (χ0n) is 11.3. The predicted octanol–water partition coefficient (Wildman–Crippen LogP) is 1.78. The summed E-state index contributed by atoms with van der Waals surface area (Å²) in [6, 6.07) is 0. The molecule has 1 aromatic heterocycles. The lowest BCUT2D eigenvalue weighted by molar-refractivity contribution is 0.0774. The van der Waals surface area contributed by atoms with Crippen LogP contribution in [-0.4, -0.2) is 40.4 Å². The van der Waals surface area contributed by atoms with E-state index in [1.54, 1.807) is 12.4 Å². The maximum atomic E-state index is 12.4. The Labute approximate surface area is 113 Å². The van der Waals surface area contributed by atoms with E-state index in [2.05, 4.69) is 15.3 Å². The lowest BCUT2D eigenvalue weighted by Gasteiger charge is -2.16. The molecule has 2 atom stereocenters. The zero-order chi connectivity index (χ0) is 13.2. The van der Waals surface area contributed by atoms with Crippen LogP contribution in [0.2, 0.25) is 0 Å². The fourth-order valence-electron chi connectivity index (χ4n) is 3.30. The first-order chi connectivity index (χ1) is 9.28. The Morgan fingerprint density at radius 1 is 1.37 bits per heavy atom. The summed E-state index contributed by atoms with van der Waals surface area (Å²) in [6.45, 7) is 4.57. The summed E-state index contributed by atoms with van der Waals surface area (Å²) in [6.07, 6.45) is 7.10. The molecule has 5 heteroatoms. The van der Waals surface area contributed by atoms with Gasteiger partial charge in [0.25, 0.3) is 5.91 Å². The minimum atomic E-state index is 0.0293. The highest BCUT2D eigenvalue weighted by Crippen LogP contribution is 2.38. The first kappa shape index (κ1) is 12.4. The molecule has 2 fully saturated rings. The maximum Gasteiger partial charge on any atom is 0.274 e. The number of aromatic nitrogens is 2. The molecular weight excluding hydrogens is 240 g/mol. The topological polar surface area (TPSA) is 58.1 Å². The molecule has 1 amide bonds. The van der Waals surface area contributed by atoms with Crippen LogP contribution in [0.4, 0.5) is 5.82 Å². The molecule has 1 N–H and O–H groups in total. The molecule has 1 aliphatic carbocycles. The Bertz CT molecular complexity index is 464. The van der Waals surface area contributed by atoms with E-state index in [-0.39, 0.29) is 5.91 Å². The molecule has 0 spiro atoms. The van der Waals surface area contributed by atoms with Crippen LogP contribution in [0, 0.1) is 11.8 Å². The highest BCUT2D eigenvalue weighted by Gasteiger charge is 2.38. The average Bonchev–Trinajstić information content (AvgIpc) is 2.99. The number of anilines is 1. The highest BCUT2D eigenvalue weighted by atomic mass is 16.2. The Balaban J connectivity index is 1.72. The fraction of sp³-hybridized carbons (Fsp3) is 0.643. The van der Waals surface area contributed by atoms with Crippen LogP contribution in [0.15, 0.2) is 12.4 Å². The van der Waals surface area contributed by atoms with E-state index in [4.69, 9.17) is 0 Å². The Kier molecular flexibility index (Phi) is 3.36. The second-order valence-corrected chi connectivity index (χ2v) is 5.48. The number of carbonyl (C=O) groups is 1. The first-order valence-corrected chi connectivity index (χ1v) is 7.13. The van der Waals surface area contributed by atoms with Crippen molar-refractivity contribution in [2.75, 3.05) is 25.0 Å². The lowest BCUT2D eigenvalue weighted by Crippen LogP contribution is -2.30. The normalized spacial score (nSPS) is 25.4. The van der Waals surface area contributed by atoms with Crippen molar-refractivity contribution in [2.45, 2.75) is 26.2 Å². The number of hydrogen-bond donors (Lipinski definition) is 1. The van der Waals surface area contributed by atoms with Gasteiger partial charge in [-0.05, 0) is 31.6 Å². The van der Waals surface area contributed by atoms with Gasteiger partial charge in [0.1, 0.15) is 11.5 Å². The van der Waals surface area contributed by atoms with Crippen molar-refractivity contribution in [2.24, 2.45) is 11.8 Å². The molecule has 102 valence electrons. The number of fused-ring (bicyclic) bond motifs is 1. The van der Waals surface area contributed by atoms with Crippen molar-refractivity contribution in [1.82, 2.24) is 14.9 Å². The molecule has 2 aliphatic rings. The van der Waals surface area contributed by atoms with Crippen molar-refractivity contribution >= 4 is 11.7 Å². The van der Waals surface area contributed by atoms with Crippen molar-refractivity contribution in [1.29, 1.82) is 0 Å². The minimum Gasteiger partial charge on any atom is -0.369 e. The Morgan fingerprint density at radius 2 is 2.11 bits per heavy atom. The van der Waals surface area contributed by atoms with E-state index in [1.807, 2.05) is 11.8 Å². The molecule has 0 radical (unpaired) electrons. The van der Waals surface area contributed by atoms with E-state index in [0.29, 0.717) is 23.3 Å². The molecule has 19 heavy (non-hydrogen) atoms. The number of hydrogen-bond acceptors (Lipinski definition) is 4. The number of carbonyl (C=O) groups excluding carboxylic acids is 1. The van der Waals surface area contributed by atoms with Crippen molar-refractivity contribution in [3.8, 4) is 0 Å². The minimum absolute atomic E-state index is 0.0293. The van der Waals surface area contributed by atoms with E-state index in [0.717, 1.165) is 19.6 Å². The summed E-state index contributed by atoms with van der Waals surface area (Å²) < 4.78 is 0. The summed E-state index contributed by atoms with van der Waals surface area (Å²) >= 11 is 0. The van der Waals surface area contributed by atoms with E-state index in [9.17, 15) is 4.79 Å². The van der Waals surface area contributed by atoms with E-state index in [1.165, 1.54) is 19.3 Å². The first-order valence-electron chi connectivity index (χ1n) is 7.13. The van der Waals surface area contributed by atoms with Crippen molar-refractivity contribution in [3.05, 3.63) is 18.1 Å². The molecule has 3 rings (SSSR count). The van der Waals surface area contributed by atoms with Gasteiger partial charge in [0, 0.05) is 19.6 Å². The molecular formula is C14H20N4O. The van der Waals surface area contributed by atoms with Crippen LogP contribution >= 0.6 is 0 Å².